The minimum Gasteiger partial charge on any atom is -0.493 e. The molecule has 0 aromatic heterocycles. The summed E-state index contributed by atoms with van der Waals surface area (Å²) in [6.45, 7) is 5.83. The van der Waals surface area contributed by atoms with Gasteiger partial charge in [-0.05, 0) is 42.0 Å². The van der Waals surface area contributed by atoms with Gasteiger partial charge in [0.1, 0.15) is 5.75 Å². The number of para-hydroxylation sites is 2. The maximum absolute atomic E-state index is 9.23. The van der Waals surface area contributed by atoms with Gasteiger partial charge in [0.25, 0.3) is 0 Å². The van der Waals surface area contributed by atoms with Gasteiger partial charge < -0.3 is 9.64 Å². The Morgan fingerprint density at radius 2 is 1.65 bits per heavy atom. The van der Waals surface area contributed by atoms with Gasteiger partial charge in [-0.3, -0.25) is 4.90 Å². The van der Waals surface area contributed by atoms with Crippen molar-refractivity contribution in [1.29, 1.82) is 5.26 Å². The molecule has 2 aliphatic rings. The molecule has 1 atom stereocenters. The molecule has 1 unspecified atom stereocenters. The highest BCUT2D eigenvalue weighted by molar-refractivity contribution is 5.50. The predicted octanol–water partition coefficient (Wildman–Crippen LogP) is 4.58. The van der Waals surface area contributed by atoms with Crippen molar-refractivity contribution in [2.45, 2.75) is 6.54 Å². The van der Waals surface area contributed by atoms with E-state index in [2.05, 4.69) is 52.3 Å². The molecule has 0 radical (unpaired) electrons. The molecule has 4 heteroatoms. The second-order valence-electron chi connectivity index (χ2n) is 8.86. The molecule has 31 heavy (non-hydrogen) atoms. The first kappa shape index (κ1) is 19.7. The van der Waals surface area contributed by atoms with Crippen LogP contribution in [0, 0.1) is 22.7 Å². The zero-order chi connectivity index (χ0) is 21.1. The van der Waals surface area contributed by atoms with E-state index in [4.69, 9.17) is 4.74 Å². The highest BCUT2D eigenvalue weighted by Gasteiger charge is 2.54. The summed E-state index contributed by atoms with van der Waals surface area (Å²) in [5.41, 5.74) is 3.49. The van der Waals surface area contributed by atoms with E-state index in [-0.39, 0.29) is 5.41 Å². The molecule has 2 saturated heterocycles. The number of nitriles is 1. The van der Waals surface area contributed by atoms with Gasteiger partial charge in [-0.1, -0.05) is 48.5 Å². The average Bonchev–Trinajstić information content (AvgIpc) is 3.16. The number of rotatable bonds is 6. The Hall–Kier alpha value is -3.29. The lowest BCUT2D eigenvalue weighted by Gasteiger charge is -2.52. The van der Waals surface area contributed by atoms with Crippen LogP contribution in [0.5, 0.6) is 5.75 Å². The Morgan fingerprint density at radius 1 is 0.903 bits per heavy atom. The molecule has 4 nitrogen and oxygen atoms in total. The Balaban J connectivity index is 1.30. The second-order valence-corrected chi connectivity index (χ2v) is 8.86. The van der Waals surface area contributed by atoms with Gasteiger partial charge in [-0.15, -0.1) is 0 Å². The van der Waals surface area contributed by atoms with Gasteiger partial charge in [0, 0.05) is 49.7 Å². The smallest absolute Gasteiger partial charge is 0.119 e. The number of hydrogen-bond donors (Lipinski definition) is 0. The number of nitrogens with zero attached hydrogens (tertiary/aromatic N) is 3. The van der Waals surface area contributed by atoms with Gasteiger partial charge in [0.05, 0.1) is 18.2 Å². The van der Waals surface area contributed by atoms with E-state index >= 15 is 0 Å². The predicted molar refractivity (Wildman–Crippen MR) is 123 cm³/mol. The van der Waals surface area contributed by atoms with Crippen LogP contribution in [0.15, 0.2) is 84.9 Å². The summed E-state index contributed by atoms with van der Waals surface area (Å²) in [6, 6.07) is 31.1. The Morgan fingerprint density at radius 3 is 2.39 bits per heavy atom. The van der Waals surface area contributed by atoms with Crippen LogP contribution in [0.3, 0.4) is 0 Å². The highest BCUT2D eigenvalue weighted by atomic mass is 16.5. The van der Waals surface area contributed by atoms with E-state index in [1.807, 2.05) is 48.5 Å². The first-order chi connectivity index (χ1) is 15.2. The summed E-state index contributed by atoms with van der Waals surface area (Å²) < 4.78 is 6.21. The molecule has 2 heterocycles. The van der Waals surface area contributed by atoms with Crippen LogP contribution >= 0.6 is 0 Å². The Bertz CT molecular complexity index is 1050. The van der Waals surface area contributed by atoms with Crippen LogP contribution in [0.4, 0.5) is 5.69 Å². The van der Waals surface area contributed by atoms with E-state index in [0.717, 1.165) is 50.6 Å². The molecular weight excluding hydrogens is 382 g/mol. The van der Waals surface area contributed by atoms with Crippen molar-refractivity contribution in [2.75, 3.05) is 37.7 Å². The summed E-state index contributed by atoms with van der Waals surface area (Å²) in [4.78, 5) is 5.02. The van der Waals surface area contributed by atoms with Gasteiger partial charge in [-0.25, -0.2) is 0 Å². The van der Waals surface area contributed by atoms with Crippen molar-refractivity contribution < 1.29 is 4.74 Å². The lowest BCUT2D eigenvalue weighted by Crippen LogP contribution is -2.61. The number of hydrogen-bond acceptors (Lipinski definition) is 4. The molecule has 0 saturated carbocycles. The van der Waals surface area contributed by atoms with E-state index in [9.17, 15) is 5.26 Å². The molecule has 0 amide bonds. The summed E-state index contributed by atoms with van der Waals surface area (Å²) >= 11 is 0. The minimum atomic E-state index is 0.247. The molecule has 2 fully saturated rings. The van der Waals surface area contributed by atoms with Crippen molar-refractivity contribution in [3.8, 4) is 11.8 Å². The molecule has 2 aliphatic heterocycles. The lowest BCUT2D eigenvalue weighted by atomic mass is 9.71. The van der Waals surface area contributed by atoms with Crippen LogP contribution in [-0.4, -0.2) is 37.7 Å². The number of likely N-dealkylation sites (tertiary alicyclic amines) is 1. The standard InChI is InChI=1S/C27H27N3O/c28-15-22-8-7-9-23(14-22)16-29-17-24(18-31-26-12-5-2-6-13-26)27(19-29)20-30(21-27)25-10-3-1-4-11-25/h1-14,24H,16-21H2. The zero-order valence-corrected chi connectivity index (χ0v) is 17.7. The van der Waals surface area contributed by atoms with Gasteiger partial charge in [0.2, 0.25) is 0 Å². The third-order valence-corrected chi connectivity index (χ3v) is 6.67. The summed E-state index contributed by atoms with van der Waals surface area (Å²) in [7, 11) is 0. The molecule has 3 aromatic rings. The van der Waals surface area contributed by atoms with Crippen LogP contribution < -0.4 is 9.64 Å². The summed E-state index contributed by atoms with van der Waals surface area (Å²) in [5, 5.41) is 9.23. The maximum atomic E-state index is 9.23. The minimum absolute atomic E-state index is 0.247. The maximum Gasteiger partial charge on any atom is 0.119 e. The Kier molecular flexibility index (Phi) is 5.36. The monoisotopic (exact) mass is 409 g/mol. The molecule has 5 rings (SSSR count). The number of ether oxygens (including phenoxy) is 1. The topological polar surface area (TPSA) is 39.5 Å². The molecular formula is C27H27N3O. The second kappa shape index (κ2) is 8.45. The molecule has 0 N–H and O–H groups in total. The zero-order valence-electron chi connectivity index (χ0n) is 17.7. The van der Waals surface area contributed by atoms with E-state index in [0.29, 0.717) is 5.92 Å². The van der Waals surface area contributed by atoms with Crippen molar-refractivity contribution in [3.05, 3.63) is 96.1 Å². The summed E-state index contributed by atoms with van der Waals surface area (Å²) in [5.74, 6) is 1.42. The van der Waals surface area contributed by atoms with E-state index in [1.54, 1.807) is 0 Å². The van der Waals surface area contributed by atoms with E-state index < -0.39 is 0 Å². The first-order valence-corrected chi connectivity index (χ1v) is 10.9. The van der Waals surface area contributed by atoms with Crippen molar-refractivity contribution in [3.63, 3.8) is 0 Å². The molecule has 0 bridgehead atoms. The quantitative estimate of drug-likeness (QED) is 0.598. The molecule has 1 spiro atoms. The SMILES string of the molecule is N#Cc1cccc(CN2CC(COc3ccccc3)C3(C2)CN(c2ccccc2)C3)c1. The van der Waals surface area contributed by atoms with Crippen molar-refractivity contribution >= 4 is 5.69 Å². The third kappa shape index (κ3) is 4.15. The largest absolute Gasteiger partial charge is 0.493 e. The van der Waals surface area contributed by atoms with E-state index in [1.165, 1.54) is 11.3 Å². The number of anilines is 1. The molecule has 0 aliphatic carbocycles. The van der Waals surface area contributed by atoms with Crippen molar-refractivity contribution in [2.24, 2.45) is 11.3 Å². The van der Waals surface area contributed by atoms with Gasteiger partial charge >= 0.3 is 0 Å². The fraction of sp³-hybridized carbons (Fsp3) is 0.296. The summed E-state index contributed by atoms with van der Waals surface area (Å²) in [6.07, 6.45) is 0. The fourth-order valence-electron chi connectivity index (χ4n) is 5.10. The normalized spacial score (nSPS) is 19.7. The Labute approximate surface area is 184 Å². The third-order valence-electron chi connectivity index (χ3n) is 6.67. The average molecular weight is 410 g/mol. The number of benzene rings is 3. The molecule has 156 valence electrons. The van der Waals surface area contributed by atoms with Crippen molar-refractivity contribution in [1.82, 2.24) is 4.90 Å². The fourth-order valence-corrected chi connectivity index (χ4v) is 5.10. The van der Waals surface area contributed by atoms with Gasteiger partial charge in [0.15, 0.2) is 0 Å². The van der Waals surface area contributed by atoms with Crippen LogP contribution in [-0.2, 0) is 6.54 Å². The van der Waals surface area contributed by atoms with Crippen LogP contribution in [0.25, 0.3) is 0 Å². The van der Waals surface area contributed by atoms with Crippen LogP contribution in [0.2, 0.25) is 0 Å². The first-order valence-electron chi connectivity index (χ1n) is 10.9. The van der Waals surface area contributed by atoms with Gasteiger partial charge in [-0.2, -0.15) is 5.26 Å². The lowest BCUT2D eigenvalue weighted by molar-refractivity contribution is 0.111. The van der Waals surface area contributed by atoms with Crippen LogP contribution in [0.1, 0.15) is 11.1 Å². The highest BCUT2D eigenvalue weighted by Crippen LogP contribution is 2.46. The molecule has 3 aromatic carbocycles.